The van der Waals surface area contributed by atoms with E-state index in [2.05, 4.69) is 10.6 Å². The van der Waals surface area contributed by atoms with Crippen molar-refractivity contribution in [3.8, 4) is 0 Å². The van der Waals surface area contributed by atoms with Gasteiger partial charge in [-0.05, 0) is 29.8 Å². The Morgan fingerprint density at radius 3 is 2.52 bits per heavy atom. The number of carbonyl (C=O) groups excluding carboxylic acids is 3. The summed E-state index contributed by atoms with van der Waals surface area (Å²) < 4.78 is 0. The lowest BCUT2D eigenvalue weighted by molar-refractivity contribution is -0.128. The van der Waals surface area contributed by atoms with E-state index in [9.17, 15) is 14.4 Å². The number of carbonyl (C=O) groups is 3. The topological polar surface area (TPSA) is 78.5 Å². The van der Waals surface area contributed by atoms with Crippen molar-refractivity contribution in [1.29, 1.82) is 0 Å². The van der Waals surface area contributed by atoms with Crippen LogP contribution in [0.25, 0.3) is 0 Å². The number of benzene rings is 2. The Morgan fingerprint density at radius 1 is 1.11 bits per heavy atom. The van der Waals surface area contributed by atoms with Gasteiger partial charge in [-0.25, -0.2) is 0 Å². The highest BCUT2D eigenvalue weighted by atomic mass is 35.5. The molecule has 140 valence electrons. The lowest BCUT2D eigenvalue weighted by atomic mass is 10.1. The quantitative estimate of drug-likeness (QED) is 0.829. The predicted molar refractivity (Wildman–Crippen MR) is 104 cm³/mol. The van der Waals surface area contributed by atoms with Crippen LogP contribution in [0.4, 0.5) is 11.4 Å². The van der Waals surface area contributed by atoms with Gasteiger partial charge in [-0.2, -0.15) is 0 Å². The van der Waals surface area contributed by atoms with Crippen molar-refractivity contribution in [2.24, 2.45) is 5.92 Å². The van der Waals surface area contributed by atoms with Gasteiger partial charge in [-0.15, -0.1) is 0 Å². The molecule has 27 heavy (non-hydrogen) atoms. The van der Waals surface area contributed by atoms with Crippen molar-refractivity contribution < 1.29 is 14.4 Å². The minimum absolute atomic E-state index is 0.0675. The molecule has 2 aromatic rings. The van der Waals surface area contributed by atoms with Crippen molar-refractivity contribution in [3.63, 3.8) is 0 Å². The normalized spacial score (nSPS) is 16.3. The molecule has 1 aliphatic heterocycles. The average molecular weight is 386 g/mol. The van der Waals surface area contributed by atoms with Gasteiger partial charge in [-0.3, -0.25) is 14.4 Å². The van der Waals surface area contributed by atoms with Crippen LogP contribution in [0.15, 0.2) is 48.5 Å². The van der Waals surface area contributed by atoms with Crippen LogP contribution in [0.3, 0.4) is 0 Å². The molecule has 1 atom stereocenters. The molecular formula is C20H20ClN3O3. The molecule has 1 saturated heterocycles. The molecule has 1 fully saturated rings. The second-order valence-corrected chi connectivity index (χ2v) is 6.93. The predicted octanol–water partition coefficient (Wildman–Crippen LogP) is 3.29. The van der Waals surface area contributed by atoms with E-state index in [-0.39, 0.29) is 24.1 Å². The van der Waals surface area contributed by atoms with Gasteiger partial charge in [0.05, 0.1) is 5.92 Å². The molecule has 2 N–H and O–H groups in total. The SMILES string of the molecule is CC(=O)Nc1cccc(NC(=O)[C@@H]2CC(=O)N(Cc3ccccc3Cl)C2)c1. The highest BCUT2D eigenvalue weighted by Gasteiger charge is 2.34. The Kier molecular flexibility index (Phi) is 5.76. The molecule has 1 heterocycles. The summed E-state index contributed by atoms with van der Waals surface area (Å²) in [5.41, 5.74) is 2.03. The van der Waals surface area contributed by atoms with Crippen molar-refractivity contribution in [2.75, 3.05) is 17.2 Å². The molecule has 3 rings (SSSR count). The molecule has 6 nitrogen and oxygen atoms in total. The zero-order valence-electron chi connectivity index (χ0n) is 14.9. The van der Waals surface area contributed by atoms with Gasteiger partial charge in [-0.1, -0.05) is 35.9 Å². The van der Waals surface area contributed by atoms with E-state index in [1.54, 1.807) is 35.2 Å². The van der Waals surface area contributed by atoms with E-state index < -0.39 is 5.92 Å². The maximum atomic E-state index is 12.6. The third-order valence-electron chi connectivity index (χ3n) is 4.35. The highest BCUT2D eigenvalue weighted by molar-refractivity contribution is 6.31. The fourth-order valence-corrected chi connectivity index (χ4v) is 3.25. The first-order valence-corrected chi connectivity index (χ1v) is 9.00. The highest BCUT2D eigenvalue weighted by Crippen LogP contribution is 2.25. The van der Waals surface area contributed by atoms with Crippen LogP contribution in [0.2, 0.25) is 5.02 Å². The van der Waals surface area contributed by atoms with E-state index in [1.807, 2.05) is 18.2 Å². The van der Waals surface area contributed by atoms with Crippen LogP contribution < -0.4 is 10.6 Å². The molecule has 0 unspecified atom stereocenters. The van der Waals surface area contributed by atoms with Crippen LogP contribution in [-0.4, -0.2) is 29.2 Å². The minimum Gasteiger partial charge on any atom is -0.337 e. The lowest BCUT2D eigenvalue weighted by Crippen LogP contribution is -2.28. The molecule has 0 radical (unpaired) electrons. The number of nitrogens with zero attached hydrogens (tertiary/aromatic N) is 1. The number of halogens is 1. The van der Waals surface area contributed by atoms with Crippen molar-refractivity contribution in [3.05, 3.63) is 59.1 Å². The van der Waals surface area contributed by atoms with E-state index >= 15 is 0 Å². The zero-order chi connectivity index (χ0) is 19.4. The molecule has 7 heteroatoms. The summed E-state index contributed by atoms with van der Waals surface area (Å²) in [6.07, 6.45) is 0.168. The van der Waals surface area contributed by atoms with Gasteiger partial charge in [0.25, 0.3) is 0 Å². The summed E-state index contributed by atoms with van der Waals surface area (Å²) in [4.78, 5) is 37.6. The Hall–Kier alpha value is -2.86. The number of hydrogen-bond donors (Lipinski definition) is 2. The van der Waals surface area contributed by atoms with E-state index in [1.165, 1.54) is 6.92 Å². The Labute approximate surface area is 162 Å². The van der Waals surface area contributed by atoms with Crippen molar-refractivity contribution >= 4 is 40.7 Å². The van der Waals surface area contributed by atoms with E-state index in [0.717, 1.165) is 5.56 Å². The van der Waals surface area contributed by atoms with Crippen LogP contribution in [0.1, 0.15) is 18.9 Å². The summed E-state index contributed by atoms with van der Waals surface area (Å²) in [5.74, 6) is -0.897. The second kappa shape index (κ2) is 8.22. The molecule has 3 amide bonds. The molecule has 0 bridgehead atoms. The van der Waals surface area contributed by atoms with E-state index in [4.69, 9.17) is 11.6 Å². The summed E-state index contributed by atoms with van der Waals surface area (Å²) in [6, 6.07) is 14.3. The maximum Gasteiger partial charge on any atom is 0.229 e. The Morgan fingerprint density at radius 2 is 1.81 bits per heavy atom. The third kappa shape index (κ3) is 4.86. The summed E-state index contributed by atoms with van der Waals surface area (Å²) in [6.45, 7) is 2.16. The van der Waals surface area contributed by atoms with Gasteiger partial charge in [0.2, 0.25) is 17.7 Å². The van der Waals surface area contributed by atoms with Gasteiger partial charge >= 0.3 is 0 Å². The lowest BCUT2D eigenvalue weighted by Gasteiger charge is -2.17. The summed E-state index contributed by atoms with van der Waals surface area (Å²) in [7, 11) is 0. The molecule has 0 aliphatic carbocycles. The summed E-state index contributed by atoms with van der Waals surface area (Å²) >= 11 is 6.16. The fraction of sp³-hybridized carbons (Fsp3) is 0.250. The number of hydrogen-bond acceptors (Lipinski definition) is 3. The number of rotatable bonds is 5. The first kappa shape index (κ1) is 18.9. The first-order chi connectivity index (χ1) is 12.9. The van der Waals surface area contributed by atoms with Gasteiger partial charge in [0.1, 0.15) is 0 Å². The average Bonchev–Trinajstić information content (AvgIpc) is 2.97. The third-order valence-corrected chi connectivity index (χ3v) is 4.72. The van der Waals surface area contributed by atoms with Crippen LogP contribution in [0, 0.1) is 5.92 Å². The molecule has 2 aromatic carbocycles. The second-order valence-electron chi connectivity index (χ2n) is 6.52. The number of nitrogens with one attached hydrogen (secondary N) is 2. The molecule has 1 aliphatic rings. The fourth-order valence-electron chi connectivity index (χ4n) is 3.06. The van der Waals surface area contributed by atoms with E-state index in [0.29, 0.717) is 29.5 Å². The van der Waals surface area contributed by atoms with Crippen molar-refractivity contribution in [2.45, 2.75) is 19.9 Å². The van der Waals surface area contributed by atoms with Crippen LogP contribution in [-0.2, 0) is 20.9 Å². The monoisotopic (exact) mass is 385 g/mol. The minimum atomic E-state index is -0.426. The van der Waals surface area contributed by atoms with Crippen molar-refractivity contribution in [1.82, 2.24) is 4.90 Å². The largest absolute Gasteiger partial charge is 0.337 e. The molecule has 0 aromatic heterocycles. The number of anilines is 2. The number of amides is 3. The number of likely N-dealkylation sites (tertiary alicyclic amines) is 1. The molecule has 0 spiro atoms. The zero-order valence-corrected chi connectivity index (χ0v) is 15.6. The first-order valence-electron chi connectivity index (χ1n) is 8.62. The molecular weight excluding hydrogens is 366 g/mol. The Balaban J connectivity index is 1.62. The Bertz CT molecular complexity index is 884. The standard InChI is InChI=1S/C20H20ClN3O3/c1-13(25)22-16-6-4-7-17(10-16)23-20(27)15-9-19(26)24(12-15)11-14-5-2-3-8-18(14)21/h2-8,10,15H,9,11-12H2,1H3,(H,22,25)(H,23,27)/t15-/m1/s1. The van der Waals surface area contributed by atoms with Crippen LogP contribution in [0.5, 0.6) is 0 Å². The van der Waals surface area contributed by atoms with Crippen LogP contribution >= 0.6 is 11.6 Å². The smallest absolute Gasteiger partial charge is 0.229 e. The van der Waals surface area contributed by atoms with Gasteiger partial charge in [0.15, 0.2) is 0 Å². The van der Waals surface area contributed by atoms with Gasteiger partial charge in [0, 0.05) is 42.8 Å². The summed E-state index contributed by atoms with van der Waals surface area (Å²) in [5, 5.41) is 6.09. The maximum absolute atomic E-state index is 12.6. The molecule has 0 saturated carbocycles. The van der Waals surface area contributed by atoms with Gasteiger partial charge < -0.3 is 15.5 Å².